The molecule has 70 valence electrons. The third-order valence-corrected chi connectivity index (χ3v) is 2.69. The highest BCUT2D eigenvalue weighted by Gasteiger charge is 2.22. The van der Waals surface area contributed by atoms with Crippen LogP contribution in [0.25, 0.3) is 0 Å². The molecule has 2 N–H and O–H groups in total. The van der Waals surface area contributed by atoms with Gasteiger partial charge in [-0.1, -0.05) is 0 Å². The summed E-state index contributed by atoms with van der Waals surface area (Å²) in [5.74, 6) is 0. The van der Waals surface area contributed by atoms with E-state index in [-0.39, 0.29) is 0 Å². The van der Waals surface area contributed by atoms with Gasteiger partial charge in [-0.2, -0.15) is 0 Å². The maximum absolute atomic E-state index is 5.13. The molecule has 2 rings (SSSR count). The minimum absolute atomic E-state index is 0.646. The number of ether oxygens (including phenoxy) is 1. The Hall–Kier alpha value is -0.120. The molecule has 12 heavy (non-hydrogen) atoms. The van der Waals surface area contributed by atoms with Crippen molar-refractivity contribution in [2.45, 2.75) is 31.3 Å². The summed E-state index contributed by atoms with van der Waals surface area (Å²) < 4.78 is 5.13. The van der Waals surface area contributed by atoms with E-state index in [9.17, 15) is 0 Å². The Morgan fingerprint density at radius 2 is 2.00 bits per heavy atom. The lowest BCUT2D eigenvalue weighted by molar-refractivity contribution is -0.0105. The zero-order valence-corrected chi connectivity index (χ0v) is 7.51. The van der Waals surface area contributed by atoms with Gasteiger partial charge in [-0.3, -0.25) is 0 Å². The summed E-state index contributed by atoms with van der Waals surface area (Å²) in [6.07, 6.45) is 3.91. The standard InChI is InChI=1S/C9H18N2O/c1-2-8(3-5-10-4-1)11-9-6-12-7-9/h8-11H,1-7H2. The van der Waals surface area contributed by atoms with E-state index < -0.39 is 0 Å². The first-order valence-corrected chi connectivity index (χ1v) is 4.99. The zero-order valence-electron chi connectivity index (χ0n) is 7.51. The van der Waals surface area contributed by atoms with Gasteiger partial charge in [-0.25, -0.2) is 0 Å². The maximum Gasteiger partial charge on any atom is 0.0643 e. The molecule has 0 radical (unpaired) electrons. The van der Waals surface area contributed by atoms with Crippen molar-refractivity contribution in [1.82, 2.24) is 10.6 Å². The highest BCUT2D eigenvalue weighted by molar-refractivity contribution is 4.80. The summed E-state index contributed by atoms with van der Waals surface area (Å²) in [5, 5.41) is 7.05. The summed E-state index contributed by atoms with van der Waals surface area (Å²) >= 11 is 0. The van der Waals surface area contributed by atoms with Crippen LogP contribution in [0.2, 0.25) is 0 Å². The van der Waals surface area contributed by atoms with Gasteiger partial charge in [0.05, 0.1) is 19.3 Å². The van der Waals surface area contributed by atoms with Crippen LogP contribution in [0.1, 0.15) is 19.3 Å². The van der Waals surface area contributed by atoms with E-state index in [4.69, 9.17) is 4.74 Å². The molecule has 0 amide bonds. The summed E-state index contributed by atoms with van der Waals surface area (Å²) in [6, 6.07) is 1.38. The number of hydrogen-bond donors (Lipinski definition) is 2. The van der Waals surface area contributed by atoms with Crippen LogP contribution in [0.15, 0.2) is 0 Å². The monoisotopic (exact) mass is 170 g/mol. The molecule has 3 heteroatoms. The molecule has 2 aliphatic heterocycles. The van der Waals surface area contributed by atoms with E-state index in [1.165, 1.54) is 32.4 Å². The first kappa shape index (κ1) is 8.48. The van der Waals surface area contributed by atoms with Crippen LogP contribution < -0.4 is 10.6 Å². The Morgan fingerprint density at radius 3 is 2.75 bits per heavy atom. The van der Waals surface area contributed by atoms with Gasteiger partial charge in [0, 0.05) is 6.04 Å². The predicted molar refractivity (Wildman–Crippen MR) is 48.3 cm³/mol. The minimum atomic E-state index is 0.646. The lowest BCUT2D eigenvalue weighted by atomic mass is 10.1. The number of hydrogen-bond acceptors (Lipinski definition) is 3. The molecule has 2 fully saturated rings. The highest BCUT2D eigenvalue weighted by atomic mass is 16.5. The molecule has 0 aliphatic carbocycles. The second-order valence-electron chi connectivity index (χ2n) is 3.78. The van der Waals surface area contributed by atoms with Crippen LogP contribution in [0, 0.1) is 0 Å². The molecular weight excluding hydrogens is 152 g/mol. The lowest BCUT2D eigenvalue weighted by Crippen LogP contribution is -2.50. The molecule has 3 nitrogen and oxygen atoms in total. The normalized spacial score (nSPS) is 32.5. The Balaban J connectivity index is 1.69. The zero-order chi connectivity index (χ0) is 8.23. The highest BCUT2D eigenvalue weighted by Crippen LogP contribution is 2.09. The molecule has 2 aliphatic rings. The molecule has 0 aromatic carbocycles. The molecule has 0 aromatic rings. The van der Waals surface area contributed by atoms with Gasteiger partial charge in [0.15, 0.2) is 0 Å². The van der Waals surface area contributed by atoms with Gasteiger partial charge in [0.1, 0.15) is 0 Å². The van der Waals surface area contributed by atoms with Crippen LogP contribution >= 0.6 is 0 Å². The van der Waals surface area contributed by atoms with Crippen molar-refractivity contribution in [3.8, 4) is 0 Å². The van der Waals surface area contributed by atoms with E-state index in [0.29, 0.717) is 6.04 Å². The average Bonchev–Trinajstić information content (AvgIpc) is 2.24. The first-order chi connectivity index (χ1) is 5.95. The second-order valence-corrected chi connectivity index (χ2v) is 3.78. The van der Waals surface area contributed by atoms with Crippen molar-refractivity contribution < 1.29 is 4.74 Å². The van der Waals surface area contributed by atoms with Crippen LogP contribution in [0.3, 0.4) is 0 Å². The van der Waals surface area contributed by atoms with Crippen LogP contribution in [-0.4, -0.2) is 38.4 Å². The quantitative estimate of drug-likeness (QED) is 0.617. The third-order valence-electron chi connectivity index (χ3n) is 2.69. The van der Waals surface area contributed by atoms with Gasteiger partial charge >= 0.3 is 0 Å². The van der Waals surface area contributed by atoms with Gasteiger partial charge in [-0.15, -0.1) is 0 Å². The maximum atomic E-state index is 5.13. The molecule has 0 aromatic heterocycles. The fraction of sp³-hybridized carbons (Fsp3) is 1.00. The predicted octanol–water partition coefficient (Wildman–Crippen LogP) is 0.117. The lowest BCUT2D eigenvalue weighted by Gasteiger charge is -2.31. The summed E-state index contributed by atoms with van der Waals surface area (Å²) in [6.45, 7) is 4.21. The fourth-order valence-electron chi connectivity index (χ4n) is 1.85. The Bertz CT molecular complexity index is 128. The smallest absolute Gasteiger partial charge is 0.0643 e. The molecule has 0 saturated carbocycles. The van der Waals surface area contributed by atoms with Crippen molar-refractivity contribution in [2.24, 2.45) is 0 Å². The van der Waals surface area contributed by atoms with E-state index >= 15 is 0 Å². The summed E-state index contributed by atoms with van der Waals surface area (Å²) in [5.41, 5.74) is 0. The van der Waals surface area contributed by atoms with Crippen LogP contribution in [0.4, 0.5) is 0 Å². The van der Waals surface area contributed by atoms with Gasteiger partial charge < -0.3 is 15.4 Å². The molecular formula is C9H18N2O. The molecule has 0 bridgehead atoms. The van der Waals surface area contributed by atoms with Crippen molar-refractivity contribution >= 4 is 0 Å². The van der Waals surface area contributed by atoms with E-state index in [2.05, 4.69) is 10.6 Å². The molecule has 1 unspecified atom stereocenters. The van der Waals surface area contributed by atoms with E-state index in [0.717, 1.165) is 19.3 Å². The Morgan fingerprint density at radius 1 is 1.08 bits per heavy atom. The average molecular weight is 170 g/mol. The second kappa shape index (κ2) is 4.21. The fourth-order valence-corrected chi connectivity index (χ4v) is 1.85. The summed E-state index contributed by atoms with van der Waals surface area (Å²) in [7, 11) is 0. The van der Waals surface area contributed by atoms with Gasteiger partial charge in [-0.05, 0) is 32.4 Å². The van der Waals surface area contributed by atoms with Gasteiger partial charge in [0.25, 0.3) is 0 Å². The third kappa shape index (κ3) is 2.19. The number of rotatable bonds is 2. The van der Waals surface area contributed by atoms with Crippen molar-refractivity contribution in [2.75, 3.05) is 26.3 Å². The van der Waals surface area contributed by atoms with Crippen molar-refractivity contribution in [3.05, 3.63) is 0 Å². The molecule has 0 spiro atoms. The molecule has 2 saturated heterocycles. The van der Waals surface area contributed by atoms with Crippen LogP contribution in [-0.2, 0) is 4.74 Å². The van der Waals surface area contributed by atoms with Crippen LogP contribution in [0.5, 0.6) is 0 Å². The van der Waals surface area contributed by atoms with E-state index in [1.54, 1.807) is 0 Å². The SMILES string of the molecule is C1CNCCC(NC2COC2)C1. The first-order valence-electron chi connectivity index (χ1n) is 4.99. The Labute approximate surface area is 73.9 Å². The minimum Gasteiger partial charge on any atom is -0.378 e. The van der Waals surface area contributed by atoms with E-state index in [1.807, 2.05) is 0 Å². The van der Waals surface area contributed by atoms with Gasteiger partial charge in [0.2, 0.25) is 0 Å². The largest absolute Gasteiger partial charge is 0.378 e. The van der Waals surface area contributed by atoms with Crippen molar-refractivity contribution in [1.29, 1.82) is 0 Å². The molecule has 1 atom stereocenters. The topological polar surface area (TPSA) is 33.3 Å². The Kier molecular flexibility index (Phi) is 2.98. The summed E-state index contributed by atoms with van der Waals surface area (Å²) in [4.78, 5) is 0. The molecule has 2 heterocycles. The number of nitrogens with one attached hydrogen (secondary N) is 2. The van der Waals surface area contributed by atoms with Crippen molar-refractivity contribution in [3.63, 3.8) is 0 Å².